The Labute approximate surface area is 501 Å². The van der Waals surface area contributed by atoms with Crippen molar-refractivity contribution in [3.05, 3.63) is 24.8 Å². The van der Waals surface area contributed by atoms with Gasteiger partial charge < -0.3 is 60.7 Å². The molecule has 1 rings (SSSR count). The van der Waals surface area contributed by atoms with Crippen LogP contribution in [0.1, 0.15) is 136 Å². The second kappa shape index (κ2) is 34.5. The average molecular weight is 1190 g/mol. The number of allylic oxidation sites excluding steroid dienone is 3. The number of hydrogen-bond acceptors (Lipinski definition) is 12. The molecule has 0 aliphatic carbocycles. The van der Waals surface area contributed by atoms with Crippen molar-refractivity contribution in [3.63, 3.8) is 0 Å². The number of carbonyl (C=O) groups excluding carboxylic acids is 11. The fraction of sp³-hybridized carbons (Fsp3) is 0.754. The van der Waals surface area contributed by atoms with Crippen LogP contribution in [0.4, 0.5) is 0 Å². The fourth-order valence-corrected chi connectivity index (χ4v) is 10.3. The Bertz CT molecular complexity index is 2320. The Hall–Kier alpha value is -6.39. The first-order valence-electron chi connectivity index (χ1n) is 29.7. The van der Waals surface area contributed by atoms with Gasteiger partial charge in [0.1, 0.15) is 54.4 Å². The molecule has 0 radical (unpaired) electrons. The molecular formula is C61H107N11O12. The topological polar surface area (TPSA) is 279 Å². The first kappa shape index (κ1) is 75.6. The second-order valence-electron chi connectivity index (χ2n) is 25.5. The van der Waals surface area contributed by atoms with Gasteiger partial charge in [-0.1, -0.05) is 115 Å². The largest absolute Gasteiger partial charge is 0.390 e. The van der Waals surface area contributed by atoms with Crippen LogP contribution in [0.25, 0.3) is 0 Å². The molecule has 1 saturated heterocycles. The van der Waals surface area contributed by atoms with Crippen LogP contribution in [0.3, 0.4) is 0 Å². The van der Waals surface area contributed by atoms with E-state index < -0.39 is 156 Å². The number of aliphatic hydroxyl groups excluding tert-OH is 1. The van der Waals surface area contributed by atoms with Crippen LogP contribution in [0, 0.1) is 41.4 Å². The summed E-state index contributed by atoms with van der Waals surface area (Å²) in [5.41, 5.74) is 0. The highest BCUT2D eigenvalue weighted by atomic mass is 16.3. The van der Waals surface area contributed by atoms with Crippen molar-refractivity contribution in [2.45, 2.75) is 196 Å². The summed E-state index contributed by atoms with van der Waals surface area (Å²) in [5, 5.41) is 22.7. The molecule has 5 N–H and O–H groups in total. The fourth-order valence-electron chi connectivity index (χ4n) is 10.3. The summed E-state index contributed by atoms with van der Waals surface area (Å²) in [6.07, 6.45) is 4.28. The predicted octanol–water partition coefficient (Wildman–Crippen LogP) is 2.66. The van der Waals surface area contributed by atoms with E-state index in [2.05, 4.69) is 27.8 Å². The standard InChI is InChI=1S/C61H107N11O12/c1-24-25-26-27-40(14)52(75)51-56(79)62-32-47(73)66(17)33-48(74)67(18)43(28-34(2)3)55(78)65-49(38(10)11)60(83)68(19)44(29-35(4)5)54(77)63-41(15)53(76)64-42(16)57(80)69(20)45(30-36(6)7)58(81)70(21)46(31-37(8)9)59(82)71(22)50(39(12)13)61(84)72(51)23/h24-26,34-46,49-52,75H,1,27-33H2,2-23H3,(H,62,79)(H,63,77)(H,64,76)(H,65,78)/b26-25+/t40-,41+,42-,43+,44+,45+,46+,49+,50+,51+,52-/m1/s1. The molecule has 0 spiro atoms. The van der Waals surface area contributed by atoms with Crippen LogP contribution in [-0.2, 0) is 52.7 Å². The summed E-state index contributed by atoms with van der Waals surface area (Å²) in [5.74, 6) is -9.90. The van der Waals surface area contributed by atoms with Gasteiger partial charge in [0.25, 0.3) is 0 Å². The third-order valence-electron chi connectivity index (χ3n) is 15.6. The molecule has 0 unspecified atom stereocenters. The van der Waals surface area contributed by atoms with E-state index in [1.165, 1.54) is 87.7 Å². The Morgan fingerprint density at radius 1 is 0.476 bits per heavy atom. The number of rotatable bonds is 15. The third-order valence-corrected chi connectivity index (χ3v) is 15.6. The molecule has 0 aromatic carbocycles. The molecule has 1 aliphatic rings. The van der Waals surface area contributed by atoms with Gasteiger partial charge in [0.2, 0.25) is 65.0 Å². The van der Waals surface area contributed by atoms with Gasteiger partial charge in [-0.3, -0.25) is 52.7 Å². The summed E-state index contributed by atoms with van der Waals surface area (Å²) in [6, 6.07) is -11.1. The molecule has 478 valence electrons. The van der Waals surface area contributed by atoms with Gasteiger partial charge in [0.05, 0.1) is 19.2 Å². The Balaban J connectivity index is 4.24. The molecule has 0 saturated carbocycles. The van der Waals surface area contributed by atoms with Crippen molar-refractivity contribution in [1.82, 2.24) is 55.6 Å². The van der Waals surface area contributed by atoms with Crippen molar-refractivity contribution in [2.75, 3.05) is 62.4 Å². The van der Waals surface area contributed by atoms with Gasteiger partial charge in [-0.2, -0.15) is 0 Å². The van der Waals surface area contributed by atoms with Crippen molar-refractivity contribution < 1.29 is 57.8 Å². The minimum atomic E-state index is -1.62. The SMILES string of the molecule is C=C/C=C/C[C@@H](C)[C@@H](O)[C@H]1C(=O)NCC(=O)N(C)CC(=O)N(C)[C@@H](CC(C)C)C(=O)N[C@@H](C(C)C)C(=O)N(C)[C@@H](CC(C)C)C(=O)N[C@@H](C)C(=O)N[C@H](C)C(=O)N(C)[C@@H](CC(C)C)C(=O)N(C)[C@@H](CC(C)C)C(=O)N(C)[C@@H](C(C)C)C(=O)N1C. The van der Waals surface area contributed by atoms with Gasteiger partial charge in [0, 0.05) is 49.3 Å². The van der Waals surface area contributed by atoms with Crippen LogP contribution in [0.15, 0.2) is 24.8 Å². The van der Waals surface area contributed by atoms with Gasteiger partial charge in [-0.05, 0) is 87.4 Å². The van der Waals surface area contributed by atoms with Crippen LogP contribution in [-0.4, -0.2) is 227 Å². The van der Waals surface area contributed by atoms with E-state index in [1.54, 1.807) is 52.8 Å². The average Bonchev–Trinajstić information content (AvgIpc) is 3.55. The van der Waals surface area contributed by atoms with E-state index in [1.807, 2.05) is 55.4 Å². The highest BCUT2D eigenvalue weighted by molar-refractivity contribution is 5.99. The minimum absolute atomic E-state index is 0.130. The zero-order chi connectivity index (χ0) is 65.1. The lowest BCUT2D eigenvalue weighted by atomic mass is 9.91. The Kier molecular flexibility index (Phi) is 31.1. The summed E-state index contributed by atoms with van der Waals surface area (Å²) in [4.78, 5) is 167. The lowest BCUT2D eigenvalue weighted by Gasteiger charge is -2.41. The summed E-state index contributed by atoms with van der Waals surface area (Å²) in [7, 11) is 9.81. The first-order valence-corrected chi connectivity index (χ1v) is 29.7. The van der Waals surface area contributed by atoms with Crippen molar-refractivity contribution in [2.24, 2.45) is 41.4 Å². The van der Waals surface area contributed by atoms with Gasteiger partial charge in [-0.15, -0.1) is 0 Å². The second-order valence-corrected chi connectivity index (χ2v) is 25.5. The van der Waals surface area contributed by atoms with E-state index >= 15 is 9.59 Å². The Morgan fingerprint density at radius 3 is 1.36 bits per heavy atom. The molecule has 0 aromatic heterocycles. The summed E-state index contributed by atoms with van der Waals surface area (Å²) in [6.45, 7) is 28.8. The van der Waals surface area contributed by atoms with E-state index in [-0.39, 0.29) is 55.8 Å². The van der Waals surface area contributed by atoms with Crippen LogP contribution < -0.4 is 21.3 Å². The number of likely N-dealkylation sites (N-methyl/N-ethyl adjacent to an activating group) is 7. The quantitative estimate of drug-likeness (QED) is 0.148. The number of nitrogens with one attached hydrogen (secondary N) is 4. The van der Waals surface area contributed by atoms with Crippen LogP contribution >= 0.6 is 0 Å². The molecule has 23 heteroatoms. The lowest BCUT2D eigenvalue weighted by Crippen LogP contribution is -2.63. The maximum Gasteiger partial charge on any atom is 0.246 e. The first-order chi connectivity index (χ1) is 38.8. The molecule has 0 aromatic rings. The number of nitrogens with zero attached hydrogens (tertiary/aromatic N) is 7. The molecular weight excluding hydrogens is 1080 g/mol. The molecule has 23 nitrogen and oxygen atoms in total. The van der Waals surface area contributed by atoms with Crippen molar-refractivity contribution >= 4 is 65.0 Å². The zero-order valence-electron chi connectivity index (χ0n) is 54.8. The lowest BCUT2D eigenvalue weighted by molar-refractivity contribution is -0.157. The molecule has 1 heterocycles. The highest BCUT2D eigenvalue weighted by Gasteiger charge is 2.45. The normalized spacial score (nSPS) is 26.1. The minimum Gasteiger partial charge on any atom is -0.390 e. The smallest absolute Gasteiger partial charge is 0.246 e. The van der Waals surface area contributed by atoms with E-state index in [9.17, 15) is 48.3 Å². The Morgan fingerprint density at radius 2 is 0.893 bits per heavy atom. The van der Waals surface area contributed by atoms with Gasteiger partial charge in [0.15, 0.2) is 0 Å². The maximum absolute atomic E-state index is 15.0. The molecule has 1 fully saturated rings. The number of amides is 11. The summed E-state index contributed by atoms with van der Waals surface area (Å²) >= 11 is 0. The molecule has 11 atom stereocenters. The maximum atomic E-state index is 15.0. The number of carbonyl (C=O) groups is 11. The predicted molar refractivity (Wildman–Crippen MR) is 324 cm³/mol. The molecule has 11 amide bonds. The number of aliphatic hydroxyl groups is 1. The van der Waals surface area contributed by atoms with Crippen LogP contribution in [0.2, 0.25) is 0 Å². The molecule has 1 aliphatic heterocycles. The monoisotopic (exact) mass is 1190 g/mol. The van der Waals surface area contributed by atoms with E-state index in [0.717, 1.165) is 9.80 Å². The van der Waals surface area contributed by atoms with E-state index in [4.69, 9.17) is 0 Å². The zero-order valence-corrected chi connectivity index (χ0v) is 54.8. The van der Waals surface area contributed by atoms with E-state index in [0.29, 0.717) is 0 Å². The van der Waals surface area contributed by atoms with Crippen molar-refractivity contribution in [1.29, 1.82) is 0 Å². The van der Waals surface area contributed by atoms with Crippen LogP contribution in [0.5, 0.6) is 0 Å². The highest BCUT2D eigenvalue weighted by Crippen LogP contribution is 2.25. The molecule has 84 heavy (non-hydrogen) atoms. The van der Waals surface area contributed by atoms with Crippen molar-refractivity contribution in [3.8, 4) is 0 Å². The summed E-state index contributed by atoms with van der Waals surface area (Å²) < 4.78 is 0. The third kappa shape index (κ3) is 21.6. The molecule has 0 bridgehead atoms. The van der Waals surface area contributed by atoms with Gasteiger partial charge in [-0.25, -0.2) is 0 Å². The van der Waals surface area contributed by atoms with Gasteiger partial charge >= 0.3 is 0 Å². The number of hydrogen-bond donors (Lipinski definition) is 5.